The lowest BCUT2D eigenvalue weighted by atomic mass is 9.74. The molecule has 8 nitrogen and oxygen atoms in total. The number of fused-ring (bicyclic) bond motifs is 1. The van der Waals surface area contributed by atoms with Crippen LogP contribution in [0.15, 0.2) is 30.5 Å². The average molecular weight is 415 g/mol. The number of aliphatic carboxylic acids is 1. The molecule has 1 aliphatic carbocycles. The van der Waals surface area contributed by atoms with Crippen LogP contribution in [0.4, 0.5) is 4.79 Å². The molecule has 0 bridgehead atoms. The fraction of sp³-hybridized carbons (Fsp3) is 0.500. The molecular weight excluding hydrogens is 386 g/mol. The van der Waals surface area contributed by atoms with Crippen LogP contribution in [-0.4, -0.2) is 45.2 Å². The van der Waals surface area contributed by atoms with E-state index in [2.05, 4.69) is 15.6 Å². The zero-order valence-corrected chi connectivity index (χ0v) is 17.6. The topological polar surface area (TPSA) is 121 Å². The molecule has 0 saturated heterocycles. The Labute approximate surface area is 175 Å². The highest BCUT2D eigenvalue weighted by atomic mass is 16.6. The quantitative estimate of drug-likeness (QED) is 0.554. The highest BCUT2D eigenvalue weighted by Gasteiger charge is 2.41. The number of para-hydroxylation sites is 1. The van der Waals surface area contributed by atoms with E-state index < -0.39 is 35.2 Å². The number of H-pyrrole nitrogens is 1. The van der Waals surface area contributed by atoms with E-state index in [4.69, 9.17) is 4.74 Å². The lowest BCUT2D eigenvalue weighted by Crippen LogP contribution is -2.57. The highest BCUT2D eigenvalue weighted by molar-refractivity contribution is 5.87. The zero-order valence-electron chi connectivity index (χ0n) is 17.6. The molecule has 1 aromatic heterocycles. The first-order chi connectivity index (χ1) is 14.1. The molecule has 0 radical (unpaired) electrons. The fourth-order valence-corrected chi connectivity index (χ4v) is 3.74. The number of nitrogens with one attached hydrogen (secondary N) is 3. The van der Waals surface area contributed by atoms with Crippen molar-refractivity contribution in [3.8, 4) is 0 Å². The van der Waals surface area contributed by atoms with Gasteiger partial charge in [-0.25, -0.2) is 9.59 Å². The average Bonchev–Trinajstić information content (AvgIpc) is 3.00. The second-order valence-electron chi connectivity index (χ2n) is 8.96. The number of aromatic amines is 1. The van der Waals surface area contributed by atoms with Gasteiger partial charge < -0.3 is 25.5 Å². The first-order valence-corrected chi connectivity index (χ1v) is 10.2. The van der Waals surface area contributed by atoms with Crippen molar-refractivity contribution in [2.24, 2.45) is 0 Å². The summed E-state index contributed by atoms with van der Waals surface area (Å²) >= 11 is 0. The number of ether oxygens (including phenoxy) is 1. The van der Waals surface area contributed by atoms with Crippen molar-refractivity contribution in [2.75, 3.05) is 0 Å². The van der Waals surface area contributed by atoms with Gasteiger partial charge in [0.05, 0.1) is 5.54 Å². The molecule has 1 aliphatic rings. The van der Waals surface area contributed by atoms with Crippen LogP contribution in [0.1, 0.15) is 52.0 Å². The minimum absolute atomic E-state index is 0.0178. The van der Waals surface area contributed by atoms with E-state index in [1.165, 1.54) is 0 Å². The van der Waals surface area contributed by atoms with Crippen LogP contribution in [0.5, 0.6) is 0 Å². The Kier molecular flexibility index (Phi) is 6.05. The number of hydrogen-bond donors (Lipinski definition) is 4. The van der Waals surface area contributed by atoms with Gasteiger partial charge in [-0.3, -0.25) is 4.79 Å². The van der Waals surface area contributed by atoms with Gasteiger partial charge >= 0.3 is 12.1 Å². The molecule has 1 atom stereocenters. The number of carbonyl (C=O) groups excluding carboxylic acids is 2. The van der Waals surface area contributed by atoms with Gasteiger partial charge in [-0.1, -0.05) is 18.2 Å². The smallest absolute Gasteiger partial charge is 0.408 e. The molecule has 4 N–H and O–H groups in total. The third-order valence-electron chi connectivity index (χ3n) is 5.31. The van der Waals surface area contributed by atoms with E-state index in [-0.39, 0.29) is 12.8 Å². The lowest BCUT2D eigenvalue weighted by molar-refractivity contribution is -0.142. The predicted molar refractivity (Wildman–Crippen MR) is 112 cm³/mol. The van der Waals surface area contributed by atoms with Crippen LogP contribution < -0.4 is 10.6 Å². The second-order valence-corrected chi connectivity index (χ2v) is 8.96. The third-order valence-corrected chi connectivity index (χ3v) is 5.31. The molecule has 162 valence electrons. The van der Waals surface area contributed by atoms with Crippen LogP contribution in [0, 0.1) is 0 Å². The van der Waals surface area contributed by atoms with Crippen LogP contribution in [-0.2, 0) is 20.7 Å². The largest absolute Gasteiger partial charge is 0.480 e. The third kappa shape index (κ3) is 5.31. The minimum atomic E-state index is -1.10. The number of aromatic nitrogens is 1. The van der Waals surface area contributed by atoms with Crippen LogP contribution in [0.2, 0.25) is 0 Å². The summed E-state index contributed by atoms with van der Waals surface area (Å²) in [4.78, 5) is 39.7. The van der Waals surface area contributed by atoms with E-state index in [9.17, 15) is 19.5 Å². The molecule has 1 unspecified atom stereocenters. The maximum absolute atomic E-state index is 12.7. The van der Waals surface area contributed by atoms with Gasteiger partial charge in [-0.15, -0.1) is 0 Å². The lowest BCUT2D eigenvalue weighted by Gasteiger charge is -2.42. The summed E-state index contributed by atoms with van der Waals surface area (Å²) in [5.41, 5.74) is 0.419. The predicted octanol–water partition coefficient (Wildman–Crippen LogP) is 3.12. The minimum Gasteiger partial charge on any atom is -0.480 e. The molecule has 0 spiro atoms. The number of benzene rings is 1. The first kappa shape index (κ1) is 21.7. The van der Waals surface area contributed by atoms with Gasteiger partial charge in [0.15, 0.2) is 0 Å². The standard InChI is InChI=1S/C22H29N3O5/c1-21(2,3)30-20(29)25-22(9-6-10-22)12-18(26)24-17(19(27)28)11-14-13-23-16-8-5-4-7-15(14)16/h4-5,7-8,13,17,23H,6,9-12H2,1-3H3,(H,24,26)(H,25,29)(H,27,28). The Morgan fingerprint density at radius 3 is 2.53 bits per heavy atom. The normalized spacial score (nSPS) is 16.4. The number of amides is 2. The van der Waals surface area contributed by atoms with Gasteiger partial charge in [0.25, 0.3) is 0 Å². The Balaban J connectivity index is 1.63. The van der Waals surface area contributed by atoms with Gasteiger partial charge in [-0.2, -0.15) is 0 Å². The number of alkyl carbamates (subject to hydrolysis) is 1. The van der Waals surface area contributed by atoms with Crippen molar-refractivity contribution in [3.05, 3.63) is 36.0 Å². The van der Waals surface area contributed by atoms with E-state index in [1.807, 2.05) is 24.3 Å². The Morgan fingerprint density at radius 1 is 1.23 bits per heavy atom. The van der Waals surface area contributed by atoms with Crippen LogP contribution >= 0.6 is 0 Å². The second kappa shape index (κ2) is 8.38. The summed E-state index contributed by atoms with van der Waals surface area (Å²) in [5.74, 6) is -1.51. The van der Waals surface area contributed by atoms with Crippen LogP contribution in [0.25, 0.3) is 10.9 Å². The van der Waals surface area contributed by atoms with Gasteiger partial charge in [-0.05, 0) is 51.7 Å². The molecule has 1 fully saturated rings. The Bertz CT molecular complexity index is 940. The summed E-state index contributed by atoms with van der Waals surface area (Å²) in [6.07, 6.45) is 3.58. The van der Waals surface area contributed by atoms with Crippen molar-refractivity contribution in [1.29, 1.82) is 0 Å². The van der Waals surface area contributed by atoms with E-state index in [1.54, 1.807) is 27.0 Å². The number of rotatable bonds is 7. The molecule has 2 amide bonds. The molecule has 30 heavy (non-hydrogen) atoms. The summed E-state index contributed by atoms with van der Waals surface area (Å²) in [6, 6.07) is 6.55. The maximum Gasteiger partial charge on any atom is 0.408 e. The van der Waals surface area contributed by atoms with Gasteiger partial charge in [0, 0.05) is 29.9 Å². The fourth-order valence-electron chi connectivity index (χ4n) is 3.74. The van der Waals surface area contributed by atoms with E-state index >= 15 is 0 Å². The van der Waals surface area contributed by atoms with Gasteiger partial charge in [0.1, 0.15) is 11.6 Å². The molecule has 1 heterocycles. The van der Waals surface area contributed by atoms with Crippen molar-refractivity contribution in [2.45, 2.75) is 70.1 Å². The van der Waals surface area contributed by atoms with Crippen molar-refractivity contribution in [1.82, 2.24) is 15.6 Å². The Hall–Kier alpha value is -3.03. The number of hydrogen-bond acceptors (Lipinski definition) is 4. The molecule has 8 heteroatoms. The van der Waals surface area contributed by atoms with Crippen molar-refractivity contribution < 1.29 is 24.2 Å². The van der Waals surface area contributed by atoms with Gasteiger partial charge in [0.2, 0.25) is 5.91 Å². The number of carboxylic acid groups (broad SMARTS) is 1. The monoisotopic (exact) mass is 415 g/mol. The summed E-state index contributed by atoms with van der Waals surface area (Å²) in [5, 5.41) is 16.0. The van der Waals surface area contributed by atoms with Crippen molar-refractivity contribution in [3.63, 3.8) is 0 Å². The molecule has 3 rings (SSSR count). The summed E-state index contributed by atoms with van der Waals surface area (Å²) < 4.78 is 5.30. The maximum atomic E-state index is 12.7. The molecule has 2 aromatic rings. The zero-order chi connectivity index (χ0) is 21.9. The number of carboxylic acids is 1. The summed E-state index contributed by atoms with van der Waals surface area (Å²) in [7, 11) is 0. The molecule has 1 aromatic carbocycles. The number of carbonyl (C=O) groups is 3. The molecule has 0 aliphatic heterocycles. The Morgan fingerprint density at radius 2 is 1.93 bits per heavy atom. The first-order valence-electron chi connectivity index (χ1n) is 10.2. The van der Waals surface area contributed by atoms with Crippen molar-refractivity contribution >= 4 is 28.9 Å². The van der Waals surface area contributed by atoms with Crippen LogP contribution in [0.3, 0.4) is 0 Å². The van der Waals surface area contributed by atoms with E-state index in [0.29, 0.717) is 12.8 Å². The highest BCUT2D eigenvalue weighted by Crippen LogP contribution is 2.35. The SMILES string of the molecule is CC(C)(C)OC(=O)NC1(CC(=O)NC(Cc2c[nH]c3ccccc23)C(=O)O)CCC1. The molecule has 1 saturated carbocycles. The van der Waals surface area contributed by atoms with E-state index in [0.717, 1.165) is 22.9 Å². The summed E-state index contributed by atoms with van der Waals surface area (Å²) in [6.45, 7) is 5.32. The molecular formula is C22H29N3O5.